The molecule has 0 fully saturated rings. The van der Waals surface area contributed by atoms with Gasteiger partial charge in [-0.3, -0.25) is 4.79 Å². The van der Waals surface area contributed by atoms with Crippen molar-refractivity contribution in [3.8, 4) is 11.5 Å². The highest BCUT2D eigenvalue weighted by atomic mass is 19.3. The van der Waals surface area contributed by atoms with Crippen LogP contribution in [0.25, 0.3) is 0 Å². The number of hydrogen-bond acceptors (Lipinski definition) is 5. The number of amides is 1. The molecule has 2 rings (SSSR count). The second-order valence-corrected chi connectivity index (χ2v) is 6.36. The third-order valence-corrected chi connectivity index (χ3v) is 4.12. The second kappa shape index (κ2) is 10.4. The van der Waals surface area contributed by atoms with Crippen LogP contribution >= 0.6 is 0 Å². The molecule has 1 N–H and O–H groups in total. The Balaban J connectivity index is 1.80. The molecular weight excluding hydrogens is 384 g/mol. The van der Waals surface area contributed by atoms with Gasteiger partial charge in [-0.05, 0) is 49.6 Å². The molecule has 0 atom stereocenters. The van der Waals surface area contributed by atoms with E-state index < -0.39 is 25.1 Å². The quantitative estimate of drug-likeness (QED) is 0.645. The Morgan fingerprint density at radius 1 is 1.07 bits per heavy atom. The van der Waals surface area contributed by atoms with Crippen molar-refractivity contribution in [2.45, 2.75) is 26.9 Å². The van der Waals surface area contributed by atoms with Gasteiger partial charge in [0, 0.05) is 6.54 Å². The molecule has 0 saturated carbocycles. The van der Waals surface area contributed by atoms with Crippen LogP contribution < -0.4 is 14.8 Å². The third-order valence-electron chi connectivity index (χ3n) is 4.12. The first-order valence-electron chi connectivity index (χ1n) is 8.93. The first-order valence-corrected chi connectivity index (χ1v) is 8.93. The van der Waals surface area contributed by atoms with Gasteiger partial charge in [0.2, 0.25) is 0 Å². The van der Waals surface area contributed by atoms with Crippen LogP contribution in [0.2, 0.25) is 0 Å². The van der Waals surface area contributed by atoms with Crippen molar-refractivity contribution >= 4 is 11.9 Å². The predicted molar refractivity (Wildman–Crippen MR) is 103 cm³/mol. The number of halogens is 2. The van der Waals surface area contributed by atoms with Crippen LogP contribution in [0.3, 0.4) is 0 Å². The van der Waals surface area contributed by atoms with E-state index in [9.17, 15) is 18.4 Å². The third kappa shape index (κ3) is 6.74. The van der Waals surface area contributed by atoms with Gasteiger partial charge in [-0.15, -0.1) is 0 Å². The molecular formula is C21H23F2NO5. The summed E-state index contributed by atoms with van der Waals surface area (Å²) in [5.41, 5.74) is 2.99. The van der Waals surface area contributed by atoms with Crippen molar-refractivity contribution in [2.75, 3.05) is 20.3 Å². The van der Waals surface area contributed by atoms with Gasteiger partial charge in [0.25, 0.3) is 5.91 Å². The maximum atomic E-state index is 12.3. The molecule has 0 unspecified atom stereocenters. The van der Waals surface area contributed by atoms with E-state index in [2.05, 4.69) is 10.1 Å². The molecule has 0 spiro atoms. The highest BCUT2D eigenvalue weighted by Gasteiger charge is 2.13. The maximum absolute atomic E-state index is 12.3. The number of carbonyl (C=O) groups excluding carboxylic acids is 2. The zero-order valence-electron chi connectivity index (χ0n) is 16.5. The molecule has 1 amide bonds. The fraction of sp³-hybridized carbons (Fsp3) is 0.333. The molecule has 6 nitrogen and oxygen atoms in total. The SMILES string of the molecule is COc1cc(CCNC(=O)COC(=O)c2ccc(C)cc2C)ccc1OC(F)F. The summed E-state index contributed by atoms with van der Waals surface area (Å²) < 4.78 is 39.1. The summed E-state index contributed by atoms with van der Waals surface area (Å²) in [5.74, 6) is -0.880. The summed E-state index contributed by atoms with van der Waals surface area (Å²) in [6.45, 7) is 0.662. The first-order chi connectivity index (χ1) is 13.8. The highest BCUT2D eigenvalue weighted by molar-refractivity contribution is 5.92. The lowest BCUT2D eigenvalue weighted by molar-refractivity contribution is -0.124. The fourth-order valence-corrected chi connectivity index (χ4v) is 2.71. The van der Waals surface area contributed by atoms with E-state index in [0.29, 0.717) is 12.0 Å². The number of alkyl halides is 2. The molecule has 0 aliphatic rings. The number of hydrogen-bond donors (Lipinski definition) is 1. The molecule has 0 radical (unpaired) electrons. The number of aryl methyl sites for hydroxylation is 2. The largest absolute Gasteiger partial charge is 0.493 e. The Bertz CT molecular complexity index is 870. The number of carbonyl (C=O) groups is 2. The van der Waals surface area contributed by atoms with E-state index >= 15 is 0 Å². The second-order valence-electron chi connectivity index (χ2n) is 6.36. The zero-order chi connectivity index (χ0) is 21.4. The topological polar surface area (TPSA) is 73.9 Å². The van der Waals surface area contributed by atoms with E-state index in [1.165, 1.54) is 13.2 Å². The van der Waals surface area contributed by atoms with Gasteiger partial charge in [0.15, 0.2) is 18.1 Å². The summed E-state index contributed by atoms with van der Waals surface area (Å²) in [5, 5.41) is 2.64. The smallest absolute Gasteiger partial charge is 0.387 e. The van der Waals surface area contributed by atoms with E-state index in [1.54, 1.807) is 31.2 Å². The summed E-state index contributed by atoms with van der Waals surface area (Å²) in [4.78, 5) is 24.0. The Hall–Kier alpha value is -3.16. The summed E-state index contributed by atoms with van der Waals surface area (Å²) in [6.07, 6.45) is 0.433. The molecule has 0 saturated heterocycles. The number of esters is 1. The van der Waals surface area contributed by atoms with Crippen LogP contribution in [0.5, 0.6) is 11.5 Å². The van der Waals surface area contributed by atoms with Gasteiger partial charge in [-0.1, -0.05) is 23.8 Å². The molecule has 156 valence electrons. The molecule has 0 aliphatic heterocycles. The summed E-state index contributed by atoms with van der Waals surface area (Å²) >= 11 is 0. The normalized spacial score (nSPS) is 10.6. The minimum absolute atomic E-state index is 0.0615. The molecule has 2 aromatic rings. The van der Waals surface area contributed by atoms with Gasteiger partial charge in [-0.25, -0.2) is 4.79 Å². The number of rotatable bonds is 9. The van der Waals surface area contributed by atoms with E-state index in [4.69, 9.17) is 9.47 Å². The van der Waals surface area contributed by atoms with Crippen LogP contribution in [-0.2, 0) is 16.0 Å². The number of benzene rings is 2. The fourth-order valence-electron chi connectivity index (χ4n) is 2.71. The maximum Gasteiger partial charge on any atom is 0.387 e. The number of ether oxygens (including phenoxy) is 3. The van der Waals surface area contributed by atoms with Crippen molar-refractivity contribution in [3.05, 3.63) is 58.7 Å². The molecule has 0 bridgehead atoms. The van der Waals surface area contributed by atoms with E-state index in [1.807, 2.05) is 13.0 Å². The number of nitrogens with one attached hydrogen (secondary N) is 1. The zero-order valence-corrected chi connectivity index (χ0v) is 16.5. The summed E-state index contributed by atoms with van der Waals surface area (Å²) in [6, 6.07) is 9.88. The van der Waals surface area contributed by atoms with Crippen molar-refractivity contribution in [1.82, 2.24) is 5.32 Å². The van der Waals surface area contributed by atoms with Crippen LogP contribution in [0.1, 0.15) is 27.0 Å². The van der Waals surface area contributed by atoms with E-state index in [0.717, 1.165) is 16.7 Å². The van der Waals surface area contributed by atoms with Gasteiger partial charge in [0.05, 0.1) is 12.7 Å². The lowest BCUT2D eigenvalue weighted by atomic mass is 10.1. The lowest BCUT2D eigenvalue weighted by Crippen LogP contribution is -2.30. The van der Waals surface area contributed by atoms with Crippen molar-refractivity contribution in [3.63, 3.8) is 0 Å². The Labute approximate surface area is 167 Å². The number of methoxy groups -OCH3 is 1. The van der Waals surface area contributed by atoms with E-state index in [-0.39, 0.29) is 18.0 Å². The Morgan fingerprint density at radius 3 is 2.48 bits per heavy atom. The molecule has 0 aliphatic carbocycles. The van der Waals surface area contributed by atoms with Crippen molar-refractivity contribution in [1.29, 1.82) is 0 Å². The highest BCUT2D eigenvalue weighted by Crippen LogP contribution is 2.29. The Morgan fingerprint density at radius 2 is 1.83 bits per heavy atom. The lowest BCUT2D eigenvalue weighted by Gasteiger charge is -2.12. The first kappa shape index (κ1) is 22.1. The van der Waals surface area contributed by atoms with Crippen molar-refractivity contribution < 1.29 is 32.6 Å². The Kier molecular flexibility index (Phi) is 7.94. The van der Waals surface area contributed by atoms with Gasteiger partial charge < -0.3 is 19.5 Å². The van der Waals surface area contributed by atoms with Crippen LogP contribution in [0.4, 0.5) is 8.78 Å². The van der Waals surface area contributed by atoms with Crippen molar-refractivity contribution in [2.24, 2.45) is 0 Å². The van der Waals surface area contributed by atoms with Gasteiger partial charge in [-0.2, -0.15) is 8.78 Å². The van der Waals surface area contributed by atoms with Crippen LogP contribution in [-0.4, -0.2) is 38.7 Å². The molecule has 0 heterocycles. The molecule has 0 aromatic heterocycles. The summed E-state index contributed by atoms with van der Waals surface area (Å²) in [7, 11) is 1.35. The molecule has 8 heteroatoms. The van der Waals surface area contributed by atoms with Crippen LogP contribution in [0, 0.1) is 13.8 Å². The average Bonchev–Trinajstić information content (AvgIpc) is 2.66. The van der Waals surface area contributed by atoms with Gasteiger partial charge in [0.1, 0.15) is 0 Å². The standard InChI is InChI=1S/C21H23F2NO5/c1-13-4-6-16(14(2)10-13)20(26)28-12-19(25)24-9-8-15-5-7-17(29-21(22)23)18(11-15)27-3/h4-7,10-11,21H,8-9,12H2,1-3H3,(H,24,25). The average molecular weight is 407 g/mol. The van der Waals surface area contributed by atoms with Crippen LogP contribution in [0.15, 0.2) is 36.4 Å². The predicted octanol–water partition coefficient (Wildman–Crippen LogP) is 3.43. The molecule has 2 aromatic carbocycles. The molecule has 29 heavy (non-hydrogen) atoms. The minimum atomic E-state index is -2.94. The van der Waals surface area contributed by atoms with Gasteiger partial charge >= 0.3 is 12.6 Å². The minimum Gasteiger partial charge on any atom is -0.493 e. The monoisotopic (exact) mass is 407 g/mol.